The maximum atomic E-state index is 6.20. The Morgan fingerprint density at radius 2 is 1.77 bits per heavy atom. The number of nitrogens with two attached hydrogens (primary N) is 1. The van der Waals surface area contributed by atoms with Crippen molar-refractivity contribution in [1.82, 2.24) is 14.5 Å². The molecule has 2 aromatic carbocycles. The Balaban J connectivity index is 1.35. The highest BCUT2D eigenvalue weighted by molar-refractivity contribution is 5.95. The summed E-state index contributed by atoms with van der Waals surface area (Å²) in [6.07, 6.45) is 2.62. The van der Waals surface area contributed by atoms with E-state index in [4.69, 9.17) is 25.2 Å². The molecule has 0 unspecified atom stereocenters. The van der Waals surface area contributed by atoms with Crippen LogP contribution in [0.25, 0.3) is 11.0 Å². The summed E-state index contributed by atoms with van der Waals surface area (Å²) >= 11 is 0. The van der Waals surface area contributed by atoms with E-state index in [2.05, 4.69) is 45.1 Å². The fourth-order valence-corrected chi connectivity index (χ4v) is 4.90. The van der Waals surface area contributed by atoms with Gasteiger partial charge in [-0.15, -0.1) is 0 Å². The van der Waals surface area contributed by atoms with Gasteiger partial charge in [-0.3, -0.25) is 14.8 Å². The van der Waals surface area contributed by atoms with E-state index in [0.717, 1.165) is 67.4 Å². The average molecular weight is 419 g/mol. The lowest BCUT2D eigenvalue weighted by Crippen LogP contribution is -2.49. The number of nitrogens with zero attached hydrogens (tertiary/aromatic N) is 4. The second-order valence-electron chi connectivity index (χ2n) is 8.48. The predicted octanol–water partition coefficient (Wildman–Crippen LogP) is 2.89. The van der Waals surface area contributed by atoms with E-state index in [0.29, 0.717) is 19.2 Å². The van der Waals surface area contributed by atoms with Gasteiger partial charge in [-0.1, -0.05) is 30.3 Å². The van der Waals surface area contributed by atoms with Crippen LogP contribution >= 0.6 is 0 Å². The molecule has 0 atom stereocenters. The van der Waals surface area contributed by atoms with Crippen molar-refractivity contribution in [3.8, 4) is 11.5 Å². The quantitative estimate of drug-likeness (QED) is 0.665. The minimum Gasteiger partial charge on any atom is -0.489 e. The second-order valence-corrected chi connectivity index (χ2v) is 8.48. The zero-order chi connectivity index (χ0) is 20.8. The van der Waals surface area contributed by atoms with E-state index in [9.17, 15) is 0 Å². The molecule has 0 radical (unpaired) electrons. The van der Waals surface area contributed by atoms with Crippen LogP contribution in [-0.2, 0) is 12.2 Å². The molecule has 8 heteroatoms. The summed E-state index contributed by atoms with van der Waals surface area (Å²) in [5.74, 6) is 2.68. The maximum Gasteiger partial charge on any atom is 0.212 e. The molecule has 160 valence electrons. The zero-order valence-electron chi connectivity index (χ0n) is 17.4. The number of rotatable bonds is 2. The Labute approximate surface area is 180 Å². The summed E-state index contributed by atoms with van der Waals surface area (Å²) in [4.78, 5) is 12.2. The van der Waals surface area contributed by atoms with Crippen molar-refractivity contribution in [3.05, 3.63) is 48.0 Å². The van der Waals surface area contributed by atoms with Crippen molar-refractivity contribution in [2.45, 2.75) is 31.5 Å². The largest absolute Gasteiger partial charge is 0.489 e. The fraction of sp³-hybridized carbons (Fsp3) is 0.391. The number of fused-ring (bicyclic) bond motifs is 5. The molecule has 1 fully saturated rings. The van der Waals surface area contributed by atoms with Gasteiger partial charge in [0.2, 0.25) is 5.95 Å². The van der Waals surface area contributed by atoms with Crippen molar-refractivity contribution in [3.63, 3.8) is 0 Å². The number of aliphatic imine (C=N–C) groups is 1. The van der Waals surface area contributed by atoms with E-state index < -0.39 is 5.66 Å². The van der Waals surface area contributed by atoms with Crippen molar-refractivity contribution >= 4 is 22.9 Å². The van der Waals surface area contributed by atoms with Gasteiger partial charge in [-0.05, 0) is 5.56 Å². The molecule has 0 aliphatic carbocycles. The third-order valence-electron chi connectivity index (χ3n) is 6.41. The molecule has 3 aliphatic rings. The number of nitrogens with one attached hydrogen (secondary N) is 1. The third kappa shape index (κ3) is 3.18. The van der Waals surface area contributed by atoms with Gasteiger partial charge in [0.15, 0.2) is 17.5 Å². The summed E-state index contributed by atoms with van der Waals surface area (Å²) in [5.41, 5.74) is 8.96. The lowest BCUT2D eigenvalue weighted by atomic mass is 9.95. The van der Waals surface area contributed by atoms with Gasteiger partial charge < -0.3 is 15.2 Å². The normalized spacial score (nSPS) is 20.1. The molecule has 31 heavy (non-hydrogen) atoms. The van der Waals surface area contributed by atoms with Crippen molar-refractivity contribution in [2.75, 3.05) is 31.6 Å². The van der Waals surface area contributed by atoms with Gasteiger partial charge in [0.1, 0.15) is 5.66 Å². The summed E-state index contributed by atoms with van der Waals surface area (Å²) in [6, 6.07) is 14.6. The average Bonchev–Trinajstić information content (AvgIpc) is 2.97. The molecule has 1 spiro atoms. The minimum absolute atomic E-state index is 0.424. The van der Waals surface area contributed by atoms with E-state index in [1.807, 2.05) is 12.1 Å². The second kappa shape index (κ2) is 7.16. The van der Waals surface area contributed by atoms with Gasteiger partial charge in [0.05, 0.1) is 24.2 Å². The number of hydrogen-bond acceptors (Lipinski definition) is 7. The summed E-state index contributed by atoms with van der Waals surface area (Å²) < 4.78 is 14.0. The molecule has 0 bridgehead atoms. The first-order valence-electron chi connectivity index (χ1n) is 10.9. The highest BCUT2D eigenvalue weighted by atomic mass is 16.5. The lowest BCUT2D eigenvalue weighted by molar-refractivity contribution is 0.114. The van der Waals surface area contributed by atoms with E-state index >= 15 is 0 Å². The van der Waals surface area contributed by atoms with Crippen molar-refractivity contribution in [1.29, 1.82) is 0 Å². The van der Waals surface area contributed by atoms with Crippen LogP contribution in [0.3, 0.4) is 0 Å². The van der Waals surface area contributed by atoms with E-state index in [1.54, 1.807) is 0 Å². The molecule has 0 saturated carbocycles. The van der Waals surface area contributed by atoms with Crippen LogP contribution in [-0.4, -0.2) is 46.7 Å². The minimum atomic E-state index is -0.438. The number of benzene rings is 2. The highest BCUT2D eigenvalue weighted by Gasteiger charge is 2.41. The molecule has 4 heterocycles. The first-order valence-corrected chi connectivity index (χ1v) is 10.9. The standard InChI is InChI=1S/C23H26N6O2/c24-21-26-22-25-17-13-19-20(31-12-4-11-30-19)14-18(17)29(22)23(27-21)7-9-28(10-8-23)15-16-5-2-1-3-6-16/h1-3,5-6,13-14H,4,7-12,15H2,(H3,24,25,26,27). The molecule has 1 aromatic heterocycles. The number of ether oxygens (including phenoxy) is 2. The van der Waals surface area contributed by atoms with Crippen molar-refractivity contribution < 1.29 is 9.47 Å². The van der Waals surface area contributed by atoms with Gasteiger partial charge >= 0.3 is 0 Å². The first-order chi connectivity index (χ1) is 15.2. The van der Waals surface area contributed by atoms with E-state index in [1.165, 1.54) is 5.56 Å². The van der Waals surface area contributed by atoms with Crippen LogP contribution in [0.2, 0.25) is 0 Å². The summed E-state index contributed by atoms with van der Waals surface area (Å²) in [7, 11) is 0. The Hall–Kier alpha value is -3.26. The third-order valence-corrected chi connectivity index (χ3v) is 6.41. The van der Waals surface area contributed by atoms with Crippen LogP contribution < -0.4 is 20.5 Å². The van der Waals surface area contributed by atoms with Crippen LogP contribution in [0.15, 0.2) is 47.5 Å². The Bertz CT molecular complexity index is 1150. The Morgan fingerprint density at radius 3 is 2.55 bits per heavy atom. The number of anilines is 1. The molecule has 0 amide bonds. The molecule has 1 saturated heterocycles. The van der Waals surface area contributed by atoms with Gasteiger partial charge in [0.25, 0.3) is 0 Å². The molecular formula is C23H26N6O2. The number of guanidine groups is 1. The van der Waals surface area contributed by atoms with E-state index in [-0.39, 0.29) is 0 Å². The summed E-state index contributed by atoms with van der Waals surface area (Å²) in [6.45, 7) is 4.14. The Kier molecular flexibility index (Phi) is 4.27. The molecule has 3 aromatic rings. The highest BCUT2D eigenvalue weighted by Crippen LogP contribution is 2.43. The van der Waals surface area contributed by atoms with Crippen molar-refractivity contribution in [2.24, 2.45) is 10.7 Å². The Morgan fingerprint density at radius 1 is 1.03 bits per heavy atom. The SMILES string of the molecule is NC1=NC2(CCN(Cc3ccccc3)CC2)n2c(nc3cc4c(cc32)OCCCO4)N1. The maximum absolute atomic E-state index is 6.20. The van der Waals surface area contributed by atoms with Gasteiger partial charge in [-0.25, -0.2) is 9.98 Å². The number of likely N-dealkylation sites (tertiary alicyclic amines) is 1. The number of aromatic nitrogens is 2. The molecular weight excluding hydrogens is 392 g/mol. The molecule has 3 aliphatic heterocycles. The number of imidazole rings is 1. The zero-order valence-corrected chi connectivity index (χ0v) is 17.4. The molecule has 6 rings (SSSR count). The smallest absolute Gasteiger partial charge is 0.212 e. The molecule has 3 N–H and O–H groups in total. The van der Waals surface area contributed by atoms with Crippen LogP contribution in [0.1, 0.15) is 24.8 Å². The van der Waals surface area contributed by atoms with Crippen LogP contribution in [0.4, 0.5) is 5.95 Å². The van der Waals surface area contributed by atoms with Crippen LogP contribution in [0.5, 0.6) is 11.5 Å². The fourth-order valence-electron chi connectivity index (χ4n) is 4.90. The monoisotopic (exact) mass is 418 g/mol. The summed E-state index contributed by atoms with van der Waals surface area (Å²) in [5, 5.41) is 3.16. The van der Waals surface area contributed by atoms with Crippen LogP contribution in [0, 0.1) is 0 Å². The van der Waals surface area contributed by atoms with Gasteiger partial charge in [-0.2, -0.15) is 0 Å². The molecule has 8 nitrogen and oxygen atoms in total. The topological polar surface area (TPSA) is 89.9 Å². The van der Waals surface area contributed by atoms with Gasteiger partial charge in [0, 0.05) is 51.0 Å². The number of piperidine rings is 1. The number of hydrogen-bond donors (Lipinski definition) is 2. The lowest BCUT2D eigenvalue weighted by Gasteiger charge is -2.42. The first kappa shape index (κ1) is 18.5. The predicted molar refractivity (Wildman–Crippen MR) is 120 cm³/mol.